The number of carbonyl (C=O) groups excluding carboxylic acids is 2. The van der Waals surface area contributed by atoms with Gasteiger partial charge in [0.1, 0.15) is 0 Å². The quantitative estimate of drug-likeness (QED) is 0.862. The fourth-order valence-corrected chi connectivity index (χ4v) is 3.50. The standard InChI is InChI=1S/C22H26N2O2/c1-16-7-5-6-10-20(16)24-21(25)15-23-22(26)19-13-11-18(12-14-19)17-8-3-2-4-9-17/h2-4,8-9,11-14,16,20H,5-7,10,15H2,1H3,(H,23,26)(H,24,25). The van der Waals surface area contributed by atoms with Gasteiger partial charge in [0.2, 0.25) is 5.91 Å². The highest BCUT2D eigenvalue weighted by atomic mass is 16.2. The van der Waals surface area contributed by atoms with Crippen molar-refractivity contribution in [2.45, 2.75) is 38.6 Å². The third kappa shape index (κ3) is 4.72. The zero-order valence-corrected chi connectivity index (χ0v) is 15.2. The van der Waals surface area contributed by atoms with Crippen LogP contribution in [0, 0.1) is 5.92 Å². The minimum Gasteiger partial charge on any atom is -0.352 e. The molecule has 0 aromatic heterocycles. The Bertz CT molecular complexity index is 740. The van der Waals surface area contributed by atoms with Crippen LogP contribution < -0.4 is 10.6 Å². The van der Waals surface area contributed by atoms with E-state index in [1.54, 1.807) is 12.1 Å². The van der Waals surface area contributed by atoms with Crippen molar-refractivity contribution in [2.24, 2.45) is 5.92 Å². The van der Waals surface area contributed by atoms with Crippen molar-refractivity contribution in [3.05, 3.63) is 60.2 Å². The Kier molecular flexibility index (Phi) is 6.05. The monoisotopic (exact) mass is 350 g/mol. The number of nitrogens with one attached hydrogen (secondary N) is 2. The number of rotatable bonds is 5. The SMILES string of the molecule is CC1CCCCC1NC(=O)CNC(=O)c1ccc(-c2ccccc2)cc1. The van der Waals surface area contributed by atoms with Crippen LogP contribution in [0.4, 0.5) is 0 Å². The molecule has 0 heterocycles. The highest BCUT2D eigenvalue weighted by Crippen LogP contribution is 2.23. The van der Waals surface area contributed by atoms with E-state index in [1.165, 1.54) is 6.42 Å². The van der Waals surface area contributed by atoms with Crippen molar-refractivity contribution in [1.29, 1.82) is 0 Å². The summed E-state index contributed by atoms with van der Waals surface area (Å²) in [6.07, 6.45) is 4.59. The smallest absolute Gasteiger partial charge is 0.251 e. The summed E-state index contributed by atoms with van der Waals surface area (Å²) >= 11 is 0. The van der Waals surface area contributed by atoms with Crippen LogP contribution in [0.5, 0.6) is 0 Å². The van der Waals surface area contributed by atoms with Crippen LogP contribution in [-0.2, 0) is 4.79 Å². The van der Waals surface area contributed by atoms with E-state index in [2.05, 4.69) is 17.6 Å². The third-order valence-corrected chi connectivity index (χ3v) is 5.12. The molecule has 1 aliphatic carbocycles. The molecular formula is C22H26N2O2. The molecule has 2 aromatic carbocycles. The van der Waals surface area contributed by atoms with Gasteiger partial charge in [-0.1, -0.05) is 62.2 Å². The van der Waals surface area contributed by atoms with Gasteiger partial charge < -0.3 is 10.6 Å². The second kappa shape index (κ2) is 8.65. The Morgan fingerprint density at radius 3 is 2.27 bits per heavy atom. The molecule has 26 heavy (non-hydrogen) atoms. The normalized spacial score (nSPS) is 19.6. The average molecular weight is 350 g/mol. The largest absolute Gasteiger partial charge is 0.352 e. The van der Waals surface area contributed by atoms with E-state index in [4.69, 9.17) is 0 Å². The van der Waals surface area contributed by atoms with Gasteiger partial charge in [-0.3, -0.25) is 9.59 Å². The second-order valence-corrected chi connectivity index (χ2v) is 7.06. The Labute approximate surface area is 155 Å². The fraction of sp³-hybridized carbons (Fsp3) is 0.364. The Hall–Kier alpha value is -2.62. The molecule has 0 aliphatic heterocycles. The van der Waals surface area contributed by atoms with Crippen LogP contribution >= 0.6 is 0 Å². The summed E-state index contributed by atoms with van der Waals surface area (Å²) in [5.74, 6) is 0.170. The summed E-state index contributed by atoms with van der Waals surface area (Å²) in [7, 11) is 0. The van der Waals surface area contributed by atoms with Crippen molar-refractivity contribution in [1.82, 2.24) is 10.6 Å². The summed E-state index contributed by atoms with van der Waals surface area (Å²) in [5, 5.41) is 5.76. The maximum atomic E-state index is 12.3. The topological polar surface area (TPSA) is 58.2 Å². The van der Waals surface area contributed by atoms with Crippen LogP contribution in [0.15, 0.2) is 54.6 Å². The van der Waals surface area contributed by atoms with Gasteiger partial charge >= 0.3 is 0 Å². The fourth-order valence-electron chi connectivity index (χ4n) is 3.50. The van der Waals surface area contributed by atoms with Crippen molar-refractivity contribution < 1.29 is 9.59 Å². The zero-order valence-electron chi connectivity index (χ0n) is 15.2. The third-order valence-electron chi connectivity index (χ3n) is 5.12. The summed E-state index contributed by atoms with van der Waals surface area (Å²) in [6.45, 7) is 2.19. The molecule has 136 valence electrons. The van der Waals surface area contributed by atoms with E-state index < -0.39 is 0 Å². The van der Waals surface area contributed by atoms with Crippen LogP contribution in [0.1, 0.15) is 43.0 Å². The van der Waals surface area contributed by atoms with E-state index in [0.29, 0.717) is 11.5 Å². The van der Waals surface area contributed by atoms with Crippen LogP contribution in [0.2, 0.25) is 0 Å². The van der Waals surface area contributed by atoms with Gasteiger partial charge in [-0.25, -0.2) is 0 Å². The molecule has 0 radical (unpaired) electrons. The summed E-state index contributed by atoms with van der Waals surface area (Å²) in [6, 6.07) is 17.7. The van der Waals surface area contributed by atoms with Gasteiger partial charge in [0.25, 0.3) is 5.91 Å². The van der Waals surface area contributed by atoms with Gasteiger partial charge in [0, 0.05) is 11.6 Å². The van der Waals surface area contributed by atoms with Crippen molar-refractivity contribution in [3.63, 3.8) is 0 Å². The van der Waals surface area contributed by atoms with Crippen LogP contribution in [0.25, 0.3) is 11.1 Å². The lowest BCUT2D eigenvalue weighted by molar-refractivity contribution is -0.121. The molecule has 2 atom stereocenters. The highest BCUT2D eigenvalue weighted by molar-refractivity contribution is 5.96. The molecule has 1 aliphatic rings. The molecular weight excluding hydrogens is 324 g/mol. The van der Waals surface area contributed by atoms with Gasteiger partial charge in [-0.15, -0.1) is 0 Å². The molecule has 2 aromatic rings. The molecule has 0 spiro atoms. The Morgan fingerprint density at radius 2 is 1.58 bits per heavy atom. The summed E-state index contributed by atoms with van der Waals surface area (Å²) in [4.78, 5) is 24.4. The van der Waals surface area contributed by atoms with Gasteiger partial charge in [0.15, 0.2) is 0 Å². The predicted molar refractivity (Wildman–Crippen MR) is 104 cm³/mol. The maximum absolute atomic E-state index is 12.3. The van der Waals surface area contributed by atoms with E-state index in [1.807, 2.05) is 42.5 Å². The van der Waals surface area contributed by atoms with Crippen molar-refractivity contribution in [2.75, 3.05) is 6.54 Å². The molecule has 4 nitrogen and oxygen atoms in total. The second-order valence-electron chi connectivity index (χ2n) is 7.06. The first-order valence-electron chi connectivity index (χ1n) is 9.36. The van der Waals surface area contributed by atoms with Crippen LogP contribution in [0.3, 0.4) is 0 Å². The molecule has 1 saturated carbocycles. The number of amides is 2. The minimum atomic E-state index is -0.226. The van der Waals surface area contributed by atoms with Crippen molar-refractivity contribution >= 4 is 11.8 Å². The van der Waals surface area contributed by atoms with E-state index in [0.717, 1.165) is 30.4 Å². The molecule has 0 bridgehead atoms. The van der Waals surface area contributed by atoms with E-state index in [9.17, 15) is 9.59 Å². The molecule has 4 heteroatoms. The molecule has 2 N–H and O–H groups in total. The van der Waals surface area contributed by atoms with E-state index >= 15 is 0 Å². The van der Waals surface area contributed by atoms with Gasteiger partial charge in [0.05, 0.1) is 6.54 Å². The molecule has 2 amide bonds. The summed E-state index contributed by atoms with van der Waals surface area (Å²) in [5.41, 5.74) is 2.73. The number of benzene rings is 2. The Morgan fingerprint density at radius 1 is 0.923 bits per heavy atom. The lowest BCUT2D eigenvalue weighted by Gasteiger charge is -2.29. The molecule has 3 rings (SSSR count). The maximum Gasteiger partial charge on any atom is 0.251 e. The highest BCUT2D eigenvalue weighted by Gasteiger charge is 2.22. The lowest BCUT2D eigenvalue weighted by atomic mass is 9.86. The lowest BCUT2D eigenvalue weighted by Crippen LogP contribution is -2.45. The number of hydrogen-bond acceptors (Lipinski definition) is 2. The van der Waals surface area contributed by atoms with Gasteiger partial charge in [-0.2, -0.15) is 0 Å². The first kappa shape index (κ1) is 18.2. The average Bonchev–Trinajstić information content (AvgIpc) is 2.69. The molecule has 2 unspecified atom stereocenters. The zero-order chi connectivity index (χ0) is 18.4. The van der Waals surface area contributed by atoms with E-state index in [-0.39, 0.29) is 24.4 Å². The first-order chi connectivity index (χ1) is 12.6. The predicted octanol–water partition coefficient (Wildman–Crippen LogP) is 3.78. The summed E-state index contributed by atoms with van der Waals surface area (Å²) < 4.78 is 0. The van der Waals surface area contributed by atoms with Crippen molar-refractivity contribution in [3.8, 4) is 11.1 Å². The molecule has 0 saturated heterocycles. The minimum absolute atomic E-state index is 0.0164. The molecule has 1 fully saturated rings. The van der Waals surface area contributed by atoms with Crippen LogP contribution in [-0.4, -0.2) is 24.4 Å². The first-order valence-corrected chi connectivity index (χ1v) is 9.36. The number of hydrogen-bond donors (Lipinski definition) is 2. The Balaban J connectivity index is 1.51. The van der Waals surface area contributed by atoms with Gasteiger partial charge in [-0.05, 0) is 42.0 Å². The number of carbonyl (C=O) groups is 2.